The van der Waals surface area contributed by atoms with E-state index in [9.17, 15) is 0 Å². The van der Waals surface area contributed by atoms with E-state index in [2.05, 4.69) is 241 Å². The minimum Gasteiger partial charge on any atom is -0.310 e. The van der Waals surface area contributed by atoms with E-state index in [1.807, 2.05) is 0 Å². The largest absolute Gasteiger partial charge is 0.310 e. The zero-order chi connectivity index (χ0) is 38.0. The lowest BCUT2D eigenvalue weighted by Crippen LogP contribution is -2.11. The summed E-state index contributed by atoms with van der Waals surface area (Å²) in [6.45, 7) is 0. The second-order valence-corrected chi connectivity index (χ2v) is 14.6. The molecule has 1 heteroatoms. The fraction of sp³-hybridized carbons (Fsp3) is 0. The summed E-state index contributed by atoms with van der Waals surface area (Å²) in [5, 5.41) is 4.91. The molecule has 0 bridgehead atoms. The van der Waals surface area contributed by atoms with Crippen LogP contribution in [0.15, 0.2) is 237 Å². The van der Waals surface area contributed by atoms with Crippen LogP contribution in [0.1, 0.15) is 0 Å². The molecule has 0 aliphatic carbocycles. The van der Waals surface area contributed by atoms with Gasteiger partial charge in [-0.3, -0.25) is 0 Å². The predicted octanol–water partition coefficient (Wildman–Crippen LogP) is 15.8. The lowest BCUT2D eigenvalue weighted by atomic mass is 9.90. The molecule has 0 saturated carbocycles. The normalized spacial score (nSPS) is 11.2. The van der Waals surface area contributed by atoms with Crippen LogP contribution in [0, 0.1) is 0 Å². The van der Waals surface area contributed by atoms with Gasteiger partial charge in [0.05, 0.1) is 5.69 Å². The summed E-state index contributed by atoms with van der Waals surface area (Å²) < 4.78 is 0. The van der Waals surface area contributed by atoms with Crippen molar-refractivity contribution in [2.75, 3.05) is 4.90 Å². The zero-order valence-corrected chi connectivity index (χ0v) is 31.5. The van der Waals surface area contributed by atoms with Crippen LogP contribution < -0.4 is 4.90 Å². The monoisotopic (exact) mass is 725 g/mol. The van der Waals surface area contributed by atoms with Crippen molar-refractivity contribution in [2.45, 2.75) is 0 Å². The van der Waals surface area contributed by atoms with Gasteiger partial charge < -0.3 is 4.90 Å². The summed E-state index contributed by atoms with van der Waals surface area (Å²) in [7, 11) is 0. The molecule has 0 radical (unpaired) electrons. The van der Waals surface area contributed by atoms with Crippen LogP contribution in [0.25, 0.3) is 77.2 Å². The first-order chi connectivity index (χ1) is 28.2. The molecular formula is C56H39N. The molecule has 57 heavy (non-hydrogen) atoms. The zero-order valence-electron chi connectivity index (χ0n) is 31.5. The molecule has 0 aliphatic rings. The molecule has 268 valence electrons. The molecular weight excluding hydrogens is 687 g/mol. The minimum absolute atomic E-state index is 1.09. The maximum atomic E-state index is 2.42. The standard InChI is InChI=1S/C56H39N/c1-3-12-40(13-4-1)44-22-24-45(25-23-44)47-32-36-53(37-33-47)57(52-34-30-46(31-35-52)41-14-5-2-6-15-41)55-21-11-20-54(50-28-26-42-16-7-9-18-48(42)38-50)56(55)51-29-27-43-17-8-10-19-49(43)39-51/h1-39H. The van der Waals surface area contributed by atoms with Crippen LogP contribution in [-0.2, 0) is 0 Å². The number of rotatable bonds is 8. The van der Waals surface area contributed by atoms with Gasteiger partial charge in [0, 0.05) is 16.9 Å². The van der Waals surface area contributed by atoms with Gasteiger partial charge in [-0.2, -0.15) is 0 Å². The van der Waals surface area contributed by atoms with E-state index in [1.54, 1.807) is 0 Å². The van der Waals surface area contributed by atoms with E-state index < -0.39 is 0 Å². The fourth-order valence-electron chi connectivity index (χ4n) is 8.12. The van der Waals surface area contributed by atoms with Crippen LogP contribution in [0.2, 0.25) is 0 Å². The highest BCUT2D eigenvalue weighted by Crippen LogP contribution is 2.47. The molecule has 0 unspecified atom stereocenters. The molecule has 0 amide bonds. The summed E-state index contributed by atoms with van der Waals surface area (Å²) in [4.78, 5) is 2.42. The van der Waals surface area contributed by atoms with Crippen LogP contribution in [-0.4, -0.2) is 0 Å². The Morgan fingerprint density at radius 2 is 0.596 bits per heavy atom. The lowest BCUT2D eigenvalue weighted by Gasteiger charge is -2.29. The van der Waals surface area contributed by atoms with E-state index in [0.29, 0.717) is 0 Å². The van der Waals surface area contributed by atoms with Gasteiger partial charge in [-0.25, -0.2) is 0 Å². The Bertz CT molecular complexity index is 2970. The minimum atomic E-state index is 1.09. The number of hydrogen-bond acceptors (Lipinski definition) is 1. The van der Waals surface area contributed by atoms with Gasteiger partial charge in [-0.15, -0.1) is 0 Å². The van der Waals surface area contributed by atoms with Crippen LogP contribution in [0.3, 0.4) is 0 Å². The van der Waals surface area contributed by atoms with Crippen LogP contribution >= 0.6 is 0 Å². The number of anilines is 3. The molecule has 10 rings (SSSR count). The molecule has 0 N–H and O–H groups in total. The van der Waals surface area contributed by atoms with Gasteiger partial charge in [0.1, 0.15) is 0 Å². The molecule has 1 nitrogen and oxygen atoms in total. The number of benzene rings is 10. The number of nitrogens with zero attached hydrogens (tertiary/aromatic N) is 1. The SMILES string of the molecule is c1ccc(-c2ccc(-c3ccc(N(c4ccc(-c5ccccc5)cc4)c4cccc(-c5ccc6ccccc6c5)c4-c4ccc5ccccc5c4)cc3)cc2)cc1. The Morgan fingerprint density at radius 3 is 1.09 bits per heavy atom. The quantitative estimate of drug-likeness (QED) is 0.151. The Balaban J connectivity index is 1.14. The Labute approximate surface area is 334 Å². The first-order valence-electron chi connectivity index (χ1n) is 19.6. The van der Waals surface area contributed by atoms with Crippen molar-refractivity contribution < 1.29 is 0 Å². The average Bonchev–Trinajstić information content (AvgIpc) is 3.30. The van der Waals surface area contributed by atoms with Crippen molar-refractivity contribution in [2.24, 2.45) is 0 Å². The lowest BCUT2D eigenvalue weighted by molar-refractivity contribution is 1.28. The van der Waals surface area contributed by atoms with Crippen molar-refractivity contribution in [1.82, 2.24) is 0 Å². The third-order valence-corrected chi connectivity index (χ3v) is 11.1. The molecule has 0 aromatic heterocycles. The third-order valence-electron chi connectivity index (χ3n) is 11.1. The molecule has 0 saturated heterocycles. The van der Waals surface area contributed by atoms with E-state index in [1.165, 1.54) is 77.2 Å². The summed E-state index contributed by atoms with van der Waals surface area (Å²) in [5.41, 5.74) is 15.2. The molecule has 0 fully saturated rings. The van der Waals surface area contributed by atoms with E-state index in [-0.39, 0.29) is 0 Å². The molecule has 0 atom stereocenters. The van der Waals surface area contributed by atoms with Crippen LogP contribution in [0.4, 0.5) is 17.1 Å². The maximum Gasteiger partial charge on any atom is 0.0546 e. The Kier molecular flexibility index (Phi) is 8.95. The average molecular weight is 726 g/mol. The molecule has 0 spiro atoms. The van der Waals surface area contributed by atoms with Gasteiger partial charge in [0.2, 0.25) is 0 Å². The van der Waals surface area contributed by atoms with E-state index in [0.717, 1.165) is 17.1 Å². The molecule has 0 aliphatic heterocycles. The van der Waals surface area contributed by atoms with Crippen molar-refractivity contribution in [3.63, 3.8) is 0 Å². The van der Waals surface area contributed by atoms with Crippen LogP contribution in [0.5, 0.6) is 0 Å². The number of fused-ring (bicyclic) bond motifs is 2. The number of hydrogen-bond donors (Lipinski definition) is 0. The molecule has 10 aromatic carbocycles. The van der Waals surface area contributed by atoms with Gasteiger partial charge in [-0.05, 0) is 114 Å². The van der Waals surface area contributed by atoms with Gasteiger partial charge in [-0.1, -0.05) is 194 Å². The van der Waals surface area contributed by atoms with Crippen molar-refractivity contribution in [1.29, 1.82) is 0 Å². The highest BCUT2D eigenvalue weighted by Gasteiger charge is 2.21. The topological polar surface area (TPSA) is 3.24 Å². The first-order valence-corrected chi connectivity index (χ1v) is 19.6. The second-order valence-electron chi connectivity index (χ2n) is 14.6. The third kappa shape index (κ3) is 6.77. The second kappa shape index (κ2) is 15.0. The Morgan fingerprint density at radius 1 is 0.228 bits per heavy atom. The van der Waals surface area contributed by atoms with Gasteiger partial charge in [0.25, 0.3) is 0 Å². The van der Waals surface area contributed by atoms with E-state index >= 15 is 0 Å². The fourth-order valence-corrected chi connectivity index (χ4v) is 8.12. The van der Waals surface area contributed by atoms with Crippen molar-refractivity contribution >= 4 is 38.6 Å². The van der Waals surface area contributed by atoms with Crippen molar-refractivity contribution in [3.05, 3.63) is 237 Å². The maximum absolute atomic E-state index is 2.42. The highest BCUT2D eigenvalue weighted by molar-refractivity contribution is 6.01. The summed E-state index contributed by atoms with van der Waals surface area (Å²) >= 11 is 0. The predicted molar refractivity (Wildman–Crippen MR) is 243 cm³/mol. The summed E-state index contributed by atoms with van der Waals surface area (Å²) in [6, 6.07) is 85.8. The van der Waals surface area contributed by atoms with Gasteiger partial charge in [0.15, 0.2) is 0 Å². The Hall–Kier alpha value is -7.48. The smallest absolute Gasteiger partial charge is 0.0546 e. The molecule has 10 aromatic rings. The summed E-state index contributed by atoms with van der Waals surface area (Å²) in [6.07, 6.45) is 0. The van der Waals surface area contributed by atoms with Crippen molar-refractivity contribution in [3.8, 4) is 55.6 Å². The summed E-state index contributed by atoms with van der Waals surface area (Å²) in [5.74, 6) is 0. The highest BCUT2D eigenvalue weighted by atomic mass is 15.1. The van der Waals surface area contributed by atoms with Gasteiger partial charge >= 0.3 is 0 Å². The van der Waals surface area contributed by atoms with E-state index in [4.69, 9.17) is 0 Å². The molecule has 0 heterocycles. The first kappa shape index (κ1) is 34.0.